The molecule has 0 bridgehead atoms. The van der Waals surface area contributed by atoms with E-state index in [0.717, 1.165) is 12.8 Å². The number of carboxylic acid groups (broad SMARTS) is 1. The van der Waals surface area contributed by atoms with E-state index in [2.05, 4.69) is 0 Å². The van der Waals surface area contributed by atoms with Crippen molar-refractivity contribution >= 4 is 11.9 Å². The number of carbonyl (C=O) groups excluding carboxylic acids is 1. The van der Waals surface area contributed by atoms with Gasteiger partial charge in [0.2, 0.25) is 0 Å². The van der Waals surface area contributed by atoms with Gasteiger partial charge in [-0.05, 0) is 19.3 Å². The summed E-state index contributed by atoms with van der Waals surface area (Å²) in [6.07, 6.45) is 3.65. The maximum absolute atomic E-state index is 12.0. The predicted octanol–water partition coefficient (Wildman–Crippen LogP) is 0.614. The Labute approximate surface area is 93.7 Å². The first-order chi connectivity index (χ1) is 7.68. The molecular formula is C11H15NO4. The van der Waals surface area contributed by atoms with E-state index in [9.17, 15) is 9.59 Å². The van der Waals surface area contributed by atoms with Crippen molar-refractivity contribution in [3.63, 3.8) is 0 Å². The highest BCUT2D eigenvalue weighted by molar-refractivity contribution is 5.93. The van der Waals surface area contributed by atoms with Gasteiger partial charge in [-0.2, -0.15) is 0 Å². The van der Waals surface area contributed by atoms with E-state index < -0.39 is 11.9 Å². The van der Waals surface area contributed by atoms with Crippen LogP contribution in [0.4, 0.5) is 0 Å². The molecule has 2 aliphatic heterocycles. The molecule has 0 aromatic carbocycles. The van der Waals surface area contributed by atoms with Crippen LogP contribution >= 0.6 is 0 Å². The zero-order valence-corrected chi connectivity index (χ0v) is 9.02. The van der Waals surface area contributed by atoms with Gasteiger partial charge in [-0.25, -0.2) is 0 Å². The van der Waals surface area contributed by atoms with Crippen LogP contribution in [0.2, 0.25) is 0 Å². The van der Waals surface area contributed by atoms with Crippen molar-refractivity contribution < 1.29 is 19.4 Å². The first-order valence-corrected chi connectivity index (χ1v) is 5.51. The van der Waals surface area contributed by atoms with E-state index in [1.54, 1.807) is 4.90 Å². The predicted molar refractivity (Wildman–Crippen MR) is 55.6 cm³/mol. The van der Waals surface area contributed by atoms with Crippen LogP contribution in [0.3, 0.4) is 0 Å². The summed E-state index contributed by atoms with van der Waals surface area (Å²) in [5.41, 5.74) is 0.664. The lowest BCUT2D eigenvalue weighted by atomic mass is 10.1. The van der Waals surface area contributed by atoms with Crippen LogP contribution < -0.4 is 0 Å². The maximum Gasteiger partial charge on any atom is 0.308 e. The topological polar surface area (TPSA) is 66.8 Å². The van der Waals surface area contributed by atoms with Gasteiger partial charge in [0.1, 0.15) is 0 Å². The minimum Gasteiger partial charge on any atom is -0.501 e. The lowest BCUT2D eigenvalue weighted by molar-refractivity contribution is -0.141. The summed E-state index contributed by atoms with van der Waals surface area (Å²) in [4.78, 5) is 24.3. The maximum atomic E-state index is 12.0. The van der Waals surface area contributed by atoms with Gasteiger partial charge in [0.25, 0.3) is 5.91 Å². The molecule has 1 unspecified atom stereocenters. The molecule has 0 aromatic rings. The molecule has 1 atom stereocenters. The first-order valence-electron chi connectivity index (χ1n) is 5.51. The summed E-state index contributed by atoms with van der Waals surface area (Å²) >= 11 is 0. The van der Waals surface area contributed by atoms with Gasteiger partial charge in [0, 0.05) is 13.1 Å². The molecule has 0 aromatic heterocycles. The van der Waals surface area contributed by atoms with Gasteiger partial charge in [-0.1, -0.05) is 0 Å². The zero-order valence-electron chi connectivity index (χ0n) is 9.02. The minimum atomic E-state index is -0.816. The van der Waals surface area contributed by atoms with Gasteiger partial charge in [0.15, 0.2) is 0 Å². The van der Waals surface area contributed by atoms with Gasteiger partial charge in [0.05, 0.1) is 24.4 Å². The van der Waals surface area contributed by atoms with Crippen LogP contribution in [0.25, 0.3) is 0 Å². The molecule has 1 fully saturated rings. The largest absolute Gasteiger partial charge is 0.501 e. The number of hydrogen-bond donors (Lipinski definition) is 1. The first kappa shape index (κ1) is 11.0. The summed E-state index contributed by atoms with van der Waals surface area (Å²) < 4.78 is 5.11. The molecule has 88 valence electrons. The number of likely N-dealkylation sites (tertiary alicyclic amines) is 1. The molecule has 2 aliphatic rings. The minimum absolute atomic E-state index is 0.0662. The van der Waals surface area contributed by atoms with Crippen LogP contribution in [-0.4, -0.2) is 41.6 Å². The van der Waals surface area contributed by atoms with Crippen LogP contribution in [0, 0.1) is 5.92 Å². The van der Waals surface area contributed by atoms with Gasteiger partial charge in [-0.15, -0.1) is 0 Å². The van der Waals surface area contributed by atoms with E-state index in [4.69, 9.17) is 9.84 Å². The molecule has 0 saturated carbocycles. The third kappa shape index (κ3) is 2.18. The third-order valence-electron chi connectivity index (χ3n) is 3.03. The Morgan fingerprint density at radius 2 is 2.31 bits per heavy atom. The smallest absolute Gasteiger partial charge is 0.308 e. The lowest BCUT2D eigenvalue weighted by Gasteiger charge is -2.20. The van der Waals surface area contributed by atoms with Crippen molar-refractivity contribution in [3.8, 4) is 0 Å². The molecule has 0 spiro atoms. The number of rotatable bonds is 2. The zero-order chi connectivity index (χ0) is 11.5. The highest BCUT2D eigenvalue weighted by Crippen LogP contribution is 2.21. The Morgan fingerprint density at radius 1 is 1.50 bits per heavy atom. The van der Waals surface area contributed by atoms with E-state index in [0.29, 0.717) is 31.7 Å². The third-order valence-corrected chi connectivity index (χ3v) is 3.03. The molecule has 0 aliphatic carbocycles. The van der Waals surface area contributed by atoms with Gasteiger partial charge in [-0.3, -0.25) is 9.59 Å². The monoisotopic (exact) mass is 225 g/mol. The standard InChI is InChI=1S/C11H15NO4/c13-10(9-2-1-5-16-7-9)12-4-3-8(6-12)11(14)15/h7-8H,1-6H2,(H,14,15). The van der Waals surface area contributed by atoms with E-state index in [1.165, 1.54) is 6.26 Å². The van der Waals surface area contributed by atoms with Crippen LogP contribution in [-0.2, 0) is 14.3 Å². The highest BCUT2D eigenvalue weighted by atomic mass is 16.5. The average Bonchev–Trinajstić information content (AvgIpc) is 2.78. The van der Waals surface area contributed by atoms with Crippen molar-refractivity contribution in [2.45, 2.75) is 19.3 Å². The quantitative estimate of drug-likeness (QED) is 0.747. The molecule has 5 nitrogen and oxygen atoms in total. The second-order valence-electron chi connectivity index (χ2n) is 4.19. The normalized spacial score (nSPS) is 24.9. The van der Waals surface area contributed by atoms with Crippen molar-refractivity contribution in [2.24, 2.45) is 5.92 Å². The molecular weight excluding hydrogens is 210 g/mol. The number of carbonyl (C=O) groups is 2. The van der Waals surface area contributed by atoms with Crippen LogP contribution in [0.5, 0.6) is 0 Å². The lowest BCUT2D eigenvalue weighted by Crippen LogP contribution is -2.31. The van der Waals surface area contributed by atoms with Gasteiger partial charge >= 0.3 is 5.97 Å². The number of ether oxygens (including phenoxy) is 1. The van der Waals surface area contributed by atoms with Crippen molar-refractivity contribution in [1.29, 1.82) is 0 Å². The highest BCUT2D eigenvalue weighted by Gasteiger charge is 2.32. The van der Waals surface area contributed by atoms with Crippen molar-refractivity contribution in [3.05, 3.63) is 11.8 Å². The van der Waals surface area contributed by atoms with Crippen molar-refractivity contribution in [2.75, 3.05) is 19.7 Å². The molecule has 2 rings (SSSR count). The van der Waals surface area contributed by atoms with Crippen LogP contribution in [0.1, 0.15) is 19.3 Å². The molecule has 2 heterocycles. The number of nitrogens with zero attached hydrogens (tertiary/aromatic N) is 1. The summed E-state index contributed by atoms with van der Waals surface area (Å²) in [6, 6.07) is 0. The molecule has 16 heavy (non-hydrogen) atoms. The van der Waals surface area contributed by atoms with E-state index in [1.807, 2.05) is 0 Å². The molecule has 1 amide bonds. The van der Waals surface area contributed by atoms with Crippen molar-refractivity contribution in [1.82, 2.24) is 4.90 Å². The Morgan fingerprint density at radius 3 is 2.88 bits per heavy atom. The summed E-state index contributed by atoms with van der Waals surface area (Å²) in [7, 11) is 0. The molecule has 0 radical (unpaired) electrons. The Hall–Kier alpha value is -1.52. The fraction of sp³-hybridized carbons (Fsp3) is 0.636. The summed E-state index contributed by atoms with van der Waals surface area (Å²) in [5.74, 6) is -1.29. The number of amides is 1. The van der Waals surface area contributed by atoms with E-state index >= 15 is 0 Å². The number of aliphatic carboxylic acids is 1. The molecule has 1 N–H and O–H groups in total. The number of hydrogen-bond acceptors (Lipinski definition) is 3. The van der Waals surface area contributed by atoms with Gasteiger partial charge < -0.3 is 14.7 Å². The van der Waals surface area contributed by atoms with Crippen LogP contribution in [0.15, 0.2) is 11.8 Å². The SMILES string of the molecule is O=C(O)C1CCN(C(=O)C2=COCCC2)C1. The molecule has 1 saturated heterocycles. The summed E-state index contributed by atoms with van der Waals surface area (Å²) in [6.45, 7) is 1.52. The Kier molecular flexibility index (Phi) is 3.12. The fourth-order valence-electron chi connectivity index (χ4n) is 2.07. The summed E-state index contributed by atoms with van der Waals surface area (Å²) in [5, 5.41) is 8.85. The van der Waals surface area contributed by atoms with E-state index in [-0.39, 0.29) is 5.91 Å². The Bertz CT molecular complexity index is 337. The average molecular weight is 225 g/mol. The molecule has 5 heteroatoms. The second-order valence-corrected chi connectivity index (χ2v) is 4.19. The Balaban J connectivity index is 1.96. The second kappa shape index (κ2) is 4.55. The number of carboxylic acids is 1. The fourth-order valence-corrected chi connectivity index (χ4v) is 2.07.